The number of hydrogen-bond acceptors (Lipinski definition) is 6. The van der Waals surface area contributed by atoms with E-state index in [0.717, 1.165) is 45.3 Å². The Balaban J connectivity index is 1.22. The van der Waals surface area contributed by atoms with Gasteiger partial charge in [-0.3, -0.25) is 0 Å². The summed E-state index contributed by atoms with van der Waals surface area (Å²) in [7, 11) is 0. The van der Waals surface area contributed by atoms with Crippen molar-refractivity contribution in [2.45, 2.75) is 27.1 Å². The van der Waals surface area contributed by atoms with Crippen LogP contribution in [0.5, 0.6) is 23.0 Å². The van der Waals surface area contributed by atoms with Crippen molar-refractivity contribution < 1.29 is 28.4 Å². The van der Waals surface area contributed by atoms with Crippen LogP contribution in [0.25, 0.3) is 0 Å². The molecule has 0 fully saturated rings. The van der Waals surface area contributed by atoms with Crippen molar-refractivity contribution in [2.24, 2.45) is 0 Å². The van der Waals surface area contributed by atoms with Gasteiger partial charge in [-0.05, 0) is 60.4 Å². The Kier molecular flexibility index (Phi) is 4.86. The minimum absolute atomic E-state index is 0.284. The molecule has 0 saturated heterocycles. The molecule has 138 valence electrons. The summed E-state index contributed by atoms with van der Waals surface area (Å²) in [5, 5.41) is 0. The summed E-state index contributed by atoms with van der Waals surface area (Å²) in [5.74, 6) is 3.16. The zero-order chi connectivity index (χ0) is 17.9. The monoisotopic (exact) mass is 358 g/mol. The fourth-order valence-corrected chi connectivity index (χ4v) is 2.96. The zero-order valence-corrected chi connectivity index (χ0v) is 15.0. The van der Waals surface area contributed by atoms with E-state index in [-0.39, 0.29) is 13.6 Å². The predicted octanol–water partition coefficient (Wildman–Crippen LogP) is 3.49. The Morgan fingerprint density at radius 2 is 1.04 bits per heavy atom. The summed E-state index contributed by atoms with van der Waals surface area (Å²) in [4.78, 5) is 0. The SMILES string of the molecule is Cc1cc2c(cc1COCCOCc1cc3c(cc1C)OCO3)OCO2. The first kappa shape index (κ1) is 17.0. The van der Waals surface area contributed by atoms with Crippen molar-refractivity contribution >= 4 is 0 Å². The van der Waals surface area contributed by atoms with Gasteiger partial charge < -0.3 is 28.4 Å². The Hall–Kier alpha value is -2.44. The van der Waals surface area contributed by atoms with Gasteiger partial charge in [0.25, 0.3) is 0 Å². The minimum atomic E-state index is 0.284. The van der Waals surface area contributed by atoms with Crippen LogP contribution in [0.1, 0.15) is 22.3 Å². The Bertz CT molecular complexity index is 734. The summed E-state index contributed by atoms with van der Waals surface area (Å²) in [6.45, 7) is 6.75. The molecule has 0 bridgehead atoms. The largest absolute Gasteiger partial charge is 0.454 e. The van der Waals surface area contributed by atoms with Crippen LogP contribution in [0, 0.1) is 13.8 Å². The summed E-state index contributed by atoms with van der Waals surface area (Å²) in [6.07, 6.45) is 0. The fourth-order valence-electron chi connectivity index (χ4n) is 2.96. The molecule has 0 spiro atoms. The number of rotatable bonds is 7. The van der Waals surface area contributed by atoms with Crippen LogP contribution in [0.15, 0.2) is 24.3 Å². The molecule has 6 nitrogen and oxygen atoms in total. The van der Waals surface area contributed by atoms with Crippen LogP contribution in [-0.2, 0) is 22.7 Å². The molecule has 26 heavy (non-hydrogen) atoms. The van der Waals surface area contributed by atoms with Crippen LogP contribution >= 0.6 is 0 Å². The lowest BCUT2D eigenvalue weighted by Gasteiger charge is -2.10. The van der Waals surface area contributed by atoms with Crippen molar-refractivity contribution in [3.8, 4) is 23.0 Å². The van der Waals surface area contributed by atoms with Gasteiger partial charge in [-0.15, -0.1) is 0 Å². The van der Waals surface area contributed by atoms with E-state index in [4.69, 9.17) is 28.4 Å². The third-order valence-electron chi connectivity index (χ3n) is 4.55. The van der Waals surface area contributed by atoms with Gasteiger partial charge in [0.1, 0.15) is 0 Å². The van der Waals surface area contributed by atoms with Gasteiger partial charge in [0.15, 0.2) is 23.0 Å². The molecule has 4 rings (SSSR count). The maximum atomic E-state index is 5.74. The van der Waals surface area contributed by atoms with Crippen molar-refractivity contribution in [1.82, 2.24) is 0 Å². The fraction of sp³-hybridized carbons (Fsp3) is 0.400. The summed E-state index contributed by atoms with van der Waals surface area (Å²) >= 11 is 0. The van der Waals surface area contributed by atoms with E-state index in [9.17, 15) is 0 Å². The molecule has 0 unspecified atom stereocenters. The van der Waals surface area contributed by atoms with Gasteiger partial charge in [-0.1, -0.05) is 0 Å². The van der Waals surface area contributed by atoms with Crippen LogP contribution in [0.4, 0.5) is 0 Å². The third-order valence-corrected chi connectivity index (χ3v) is 4.55. The molecule has 0 atom stereocenters. The maximum Gasteiger partial charge on any atom is 0.231 e. The maximum absolute atomic E-state index is 5.74. The molecule has 0 amide bonds. The first-order valence-corrected chi connectivity index (χ1v) is 8.64. The molecule has 2 heterocycles. The smallest absolute Gasteiger partial charge is 0.231 e. The normalized spacial score (nSPS) is 14.1. The Labute approximate surface area is 152 Å². The minimum Gasteiger partial charge on any atom is -0.454 e. The molecule has 2 aromatic rings. The van der Waals surface area contributed by atoms with Crippen LogP contribution in [0.2, 0.25) is 0 Å². The number of fused-ring (bicyclic) bond motifs is 2. The van der Waals surface area contributed by atoms with E-state index in [0.29, 0.717) is 26.4 Å². The molecular weight excluding hydrogens is 336 g/mol. The molecule has 2 aliphatic heterocycles. The van der Waals surface area contributed by atoms with E-state index in [1.165, 1.54) is 0 Å². The Morgan fingerprint density at radius 3 is 1.46 bits per heavy atom. The second-order valence-corrected chi connectivity index (χ2v) is 6.37. The molecule has 0 aliphatic carbocycles. The summed E-state index contributed by atoms with van der Waals surface area (Å²) in [5.41, 5.74) is 4.46. The van der Waals surface area contributed by atoms with Gasteiger partial charge in [0, 0.05) is 0 Å². The van der Waals surface area contributed by atoms with Gasteiger partial charge in [-0.2, -0.15) is 0 Å². The first-order valence-electron chi connectivity index (χ1n) is 8.64. The van der Waals surface area contributed by atoms with Gasteiger partial charge in [0.2, 0.25) is 13.6 Å². The van der Waals surface area contributed by atoms with E-state index in [1.54, 1.807) is 0 Å². The van der Waals surface area contributed by atoms with E-state index in [1.807, 2.05) is 38.1 Å². The highest BCUT2D eigenvalue weighted by Crippen LogP contribution is 2.35. The predicted molar refractivity (Wildman–Crippen MR) is 93.9 cm³/mol. The van der Waals surface area contributed by atoms with Gasteiger partial charge in [0.05, 0.1) is 26.4 Å². The third kappa shape index (κ3) is 3.57. The van der Waals surface area contributed by atoms with Gasteiger partial charge >= 0.3 is 0 Å². The van der Waals surface area contributed by atoms with Crippen molar-refractivity contribution in [3.63, 3.8) is 0 Å². The van der Waals surface area contributed by atoms with Crippen LogP contribution in [0.3, 0.4) is 0 Å². The highest BCUT2D eigenvalue weighted by molar-refractivity contribution is 5.49. The molecule has 2 aliphatic rings. The molecule has 0 radical (unpaired) electrons. The number of benzene rings is 2. The Morgan fingerprint density at radius 1 is 0.654 bits per heavy atom. The molecule has 6 heteroatoms. The second kappa shape index (κ2) is 7.43. The quantitative estimate of drug-likeness (QED) is 0.706. The van der Waals surface area contributed by atoms with E-state index >= 15 is 0 Å². The summed E-state index contributed by atoms with van der Waals surface area (Å²) < 4.78 is 33.0. The lowest BCUT2D eigenvalue weighted by molar-refractivity contribution is 0.0335. The summed E-state index contributed by atoms with van der Waals surface area (Å²) in [6, 6.07) is 7.93. The molecular formula is C20H22O6. The van der Waals surface area contributed by atoms with Crippen molar-refractivity contribution in [3.05, 3.63) is 46.5 Å². The molecule has 2 aromatic carbocycles. The van der Waals surface area contributed by atoms with Crippen LogP contribution in [-0.4, -0.2) is 26.8 Å². The second-order valence-electron chi connectivity index (χ2n) is 6.37. The molecule has 0 N–H and O–H groups in total. The van der Waals surface area contributed by atoms with Crippen LogP contribution < -0.4 is 18.9 Å². The lowest BCUT2D eigenvalue weighted by Crippen LogP contribution is -2.06. The average Bonchev–Trinajstić information content (AvgIpc) is 3.26. The topological polar surface area (TPSA) is 55.4 Å². The van der Waals surface area contributed by atoms with E-state index < -0.39 is 0 Å². The average molecular weight is 358 g/mol. The zero-order valence-electron chi connectivity index (χ0n) is 15.0. The first-order chi connectivity index (χ1) is 12.7. The number of aryl methyl sites for hydroxylation is 2. The number of ether oxygens (including phenoxy) is 6. The van der Waals surface area contributed by atoms with Crippen molar-refractivity contribution in [1.29, 1.82) is 0 Å². The number of hydrogen-bond donors (Lipinski definition) is 0. The van der Waals surface area contributed by atoms with E-state index in [2.05, 4.69) is 0 Å². The standard InChI is InChI=1S/C20H22O6/c1-13-5-17-19(25-11-23-17)7-15(13)9-21-3-4-22-10-16-8-20-18(6-14(16)2)24-12-26-20/h5-8H,3-4,9-12H2,1-2H3. The van der Waals surface area contributed by atoms with Crippen molar-refractivity contribution in [2.75, 3.05) is 26.8 Å². The highest BCUT2D eigenvalue weighted by Gasteiger charge is 2.16. The highest BCUT2D eigenvalue weighted by atomic mass is 16.7. The molecule has 0 aromatic heterocycles. The van der Waals surface area contributed by atoms with Gasteiger partial charge in [-0.25, -0.2) is 0 Å². The molecule has 0 saturated carbocycles. The lowest BCUT2D eigenvalue weighted by atomic mass is 10.1.